The molecule has 7 nitrogen and oxygen atoms in total. The van der Waals surface area contributed by atoms with E-state index in [-0.39, 0.29) is 18.2 Å². The number of aromatic nitrogens is 3. The first-order valence-corrected chi connectivity index (χ1v) is 10.3. The van der Waals surface area contributed by atoms with Gasteiger partial charge in [0.05, 0.1) is 23.7 Å². The van der Waals surface area contributed by atoms with Gasteiger partial charge in [0.1, 0.15) is 11.5 Å². The number of pyridine rings is 1. The van der Waals surface area contributed by atoms with Crippen LogP contribution < -0.4 is 4.90 Å². The van der Waals surface area contributed by atoms with Crippen molar-refractivity contribution in [2.75, 3.05) is 11.4 Å². The smallest absolute Gasteiger partial charge is 0.232 e. The molecule has 1 N–H and O–H groups in total. The van der Waals surface area contributed by atoms with E-state index in [1.807, 2.05) is 42.5 Å². The number of anilines is 1. The zero-order chi connectivity index (χ0) is 22.1. The molecular weight excluding hydrogens is 402 g/mol. The second kappa shape index (κ2) is 8.00. The van der Waals surface area contributed by atoms with Gasteiger partial charge < -0.3 is 5.11 Å². The number of aromatic hydroxyl groups is 1. The Morgan fingerprint density at radius 1 is 1.09 bits per heavy atom. The topological polar surface area (TPSA) is 95.0 Å². The summed E-state index contributed by atoms with van der Waals surface area (Å²) in [7, 11) is 0. The lowest BCUT2D eigenvalue weighted by molar-refractivity contribution is -0.118. The Morgan fingerprint density at radius 3 is 2.75 bits per heavy atom. The van der Waals surface area contributed by atoms with Crippen molar-refractivity contribution < 1.29 is 9.90 Å². The summed E-state index contributed by atoms with van der Waals surface area (Å²) in [6.45, 7) is 0.363. The minimum Gasteiger partial charge on any atom is -0.493 e. The SMILES string of the molecule is N#Cc1cccc(CC(=O)N2CCc3c(nn(-c4ccccc4)c3O)-c3cccnc32)c1. The van der Waals surface area contributed by atoms with Crippen LogP contribution >= 0.6 is 0 Å². The Kier molecular flexibility index (Phi) is 4.88. The maximum absolute atomic E-state index is 13.2. The van der Waals surface area contributed by atoms with Crippen molar-refractivity contribution in [1.82, 2.24) is 14.8 Å². The fourth-order valence-electron chi connectivity index (χ4n) is 4.03. The van der Waals surface area contributed by atoms with Gasteiger partial charge in [-0.3, -0.25) is 9.69 Å². The molecule has 32 heavy (non-hydrogen) atoms. The number of nitriles is 1. The standard InChI is InChI=1S/C25H19N5O2/c26-16-18-7-4-6-17(14-18)15-22(31)29-13-11-21-23(20-10-5-12-27-24(20)29)28-30(25(21)32)19-8-2-1-3-9-19/h1-10,12,14,32H,11,13,15H2. The number of fused-ring (bicyclic) bond motifs is 3. The minimum atomic E-state index is -0.124. The van der Waals surface area contributed by atoms with Crippen molar-refractivity contribution >= 4 is 11.7 Å². The number of amides is 1. The Labute approximate surface area is 184 Å². The monoisotopic (exact) mass is 421 g/mol. The number of rotatable bonds is 3. The minimum absolute atomic E-state index is 0.0667. The third-order valence-electron chi connectivity index (χ3n) is 5.55. The van der Waals surface area contributed by atoms with Crippen LogP contribution in [0.2, 0.25) is 0 Å². The van der Waals surface area contributed by atoms with Gasteiger partial charge >= 0.3 is 0 Å². The molecule has 0 saturated heterocycles. The molecule has 2 aromatic heterocycles. The molecule has 1 aliphatic heterocycles. The van der Waals surface area contributed by atoms with Gasteiger partial charge in [-0.15, -0.1) is 0 Å². The van der Waals surface area contributed by atoms with Crippen molar-refractivity contribution in [3.63, 3.8) is 0 Å². The largest absolute Gasteiger partial charge is 0.493 e. The Balaban J connectivity index is 1.53. The maximum atomic E-state index is 13.2. The van der Waals surface area contributed by atoms with Gasteiger partial charge in [0, 0.05) is 23.9 Å². The second-order valence-electron chi connectivity index (χ2n) is 7.56. The van der Waals surface area contributed by atoms with Crippen LogP contribution in [0.3, 0.4) is 0 Å². The fraction of sp³-hybridized carbons (Fsp3) is 0.120. The summed E-state index contributed by atoms with van der Waals surface area (Å²) in [4.78, 5) is 19.4. The van der Waals surface area contributed by atoms with Crippen molar-refractivity contribution in [1.29, 1.82) is 5.26 Å². The predicted octanol–water partition coefficient (Wildman–Crippen LogP) is 3.64. The number of carbonyl (C=O) groups is 1. The van der Waals surface area contributed by atoms with Crippen LogP contribution in [0.15, 0.2) is 72.9 Å². The van der Waals surface area contributed by atoms with Crippen LogP contribution in [0, 0.1) is 11.3 Å². The molecule has 1 aliphatic rings. The van der Waals surface area contributed by atoms with Crippen LogP contribution in [0.5, 0.6) is 5.88 Å². The first-order chi connectivity index (χ1) is 15.7. The normalized spacial score (nSPS) is 12.4. The molecule has 2 aromatic carbocycles. The summed E-state index contributed by atoms with van der Waals surface area (Å²) in [6, 6.07) is 22.2. The van der Waals surface area contributed by atoms with Gasteiger partial charge in [0.15, 0.2) is 0 Å². The number of nitrogens with zero attached hydrogens (tertiary/aromatic N) is 5. The fourth-order valence-corrected chi connectivity index (χ4v) is 4.03. The highest BCUT2D eigenvalue weighted by atomic mass is 16.3. The molecule has 7 heteroatoms. The van der Waals surface area contributed by atoms with E-state index in [1.165, 1.54) is 4.68 Å². The van der Waals surface area contributed by atoms with E-state index >= 15 is 0 Å². The number of hydrogen-bond acceptors (Lipinski definition) is 5. The molecule has 0 fully saturated rings. The zero-order valence-electron chi connectivity index (χ0n) is 17.1. The van der Waals surface area contributed by atoms with E-state index in [2.05, 4.69) is 16.2 Å². The molecule has 5 rings (SSSR count). The summed E-state index contributed by atoms with van der Waals surface area (Å²) >= 11 is 0. The van der Waals surface area contributed by atoms with E-state index in [1.54, 1.807) is 35.4 Å². The molecule has 1 amide bonds. The molecule has 0 radical (unpaired) electrons. The van der Waals surface area contributed by atoms with Crippen LogP contribution in [0.25, 0.3) is 16.9 Å². The van der Waals surface area contributed by atoms with E-state index in [0.29, 0.717) is 41.2 Å². The molecule has 0 aliphatic carbocycles. The molecule has 0 bridgehead atoms. The Morgan fingerprint density at radius 2 is 1.94 bits per heavy atom. The van der Waals surface area contributed by atoms with E-state index in [9.17, 15) is 9.90 Å². The van der Waals surface area contributed by atoms with E-state index < -0.39 is 0 Å². The zero-order valence-corrected chi connectivity index (χ0v) is 17.1. The first kappa shape index (κ1) is 19.5. The maximum Gasteiger partial charge on any atom is 0.232 e. The molecule has 0 atom stereocenters. The van der Waals surface area contributed by atoms with Crippen molar-refractivity contribution in [2.24, 2.45) is 0 Å². The molecular formula is C25H19N5O2. The van der Waals surface area contributed by atoms with E-state index in [0.717, 1.165) is 11.3 Å². The quantitative estimate of drug-likeness (QED) is 0.545. The highest BCUT2D eigenvalue weighted by molar-refractivity contribution is 5.98. The van der Waals surface area contributed by atoms with Gasteiger partial charge in [-0.25, -0.2) is 9.67 Å². The summed E-state index contributed by atoms with van der Waals surface area (Å²) in [5.41, 5.74) is 4.05. The highest BCUT2D eigenvalue weighted by Crippen LogP contribution is 2.39. The van der Waals surface area contributed by atoms with Gasteiger partial charge in [-0.05, 0) is 48.4 Å². The molecule has 0 spiro atoms. The van der Waals surface area contributed by atoms with Crippen LogP contribution in [-0.4, -0.2) is 32.3 Å². The summed E-state index contributed by atoms with van der Waals surface area (Å²) < 4.78 is 1.52. The molecule has 0 saturated carbocycles. The predicted molar refractivity (Wildman–Crippen MR) is 119 cm³/mol. The Hall–Kier alpha value is -4.44. The van der Waals surface area contributed by atoms with Gasteiger partial charge in [0.25, 0.3) is 0 Å². The number of para-hydroxylation sites is 1. The highest BCUT2D eigenvalue weighted by Gasteiger charge is 2.30. The third kappa shape index (κ3) is 3.38. The first-order valence-electron chi connectivity index (χ1n) is 10.3. The summed E-state index contributed by atoms with van der Waals surface area (Å²) in [6.07, 6.45) is 2.24. The number of carbonyl (C=O) groups excluding carboxylic acids is 1. The third-order valence-corrected chi connectivity index (χ3v) is 5.55. The summed E-state index contributed by atoms with van der Waals surface area (Å²) in [5, 5.41) is 24.7. The van der Waals surface area contributed by atoms with Gasteiger partial charge in [-0.2, -0.15) is 10.4 Å². The lowest BCUT2D eigenvalue weighted by atomic mass is 10.1. The molecule has 156 valence electrons. The Bertz CT molecular complexity index is 1350. The van der Waals surface area contributed by atoms with Crippen LogP contribution in [0.1, 0.15) is 16.7 Å². The number of hydrogen-bond donors (Lipinski definition) is 1. The average Bonchev–Trinajstić information content (AvgIpc) is 3.06. The molecule has 0 unspecified atom stereocenters. The lowest BCUT2D eigenvalue weighted by Crippen LogP contribution is -2.34. The average molecular weight is 421 g/mol. The van der Waals surface area contributed by atoms with E-state index in [4.69, 9.17) is 5.26 Å². The molecule has 4 aromatic rings. The van der Waals surface area contributed by atoms with Crippen molar-refractivity contribution in [3.8, 4) is 28.9 Å². The van der Waals surface area contributed by atoms with Gasteiger partial charge in [-0.1, -0.05) is 30.3 Å². The van der Waals surface area contributed by atoms with Crippen molar-refractivity contribution in [2.45, 2.75) is 12.8 Å². The summed E-state index contributed by atoms with van der Waals surface area (Å²) in [5.74, 6) is 0.461. The molecule has 3 heterocycles. The van der Waals surface area contributed by atoms with Crippen LogP contribution in [0.4, 0.5) is 5.82 Å². The number of benzene rings is 2. The van der Waals surface area contributed by atoms with Gasteiger partial charge in [0.2, 0.25) is 11.8 Å². The van der Waals surface area contributed by atoms with Crippen LogP contribution in [-0.2, 0) is 17.6 Å². The lowest BCUT2D eigenvalue weighted by Gasteiger charge is -2.21. The van der Waals surface area contributed by atoms with Crippen molar-refractivity contribution in [3.05, 3.63) is 89.6 Å². The second-order valence-corrected chi connectivity index (χ2v) is 7.56.